The monoisotopic (exact) mass is 202 g/mol. The van der Waals surface area contributed by atoms with E-state index in [-0.39, 0.29) is 6.10 Å². The van der Waals surface area contributed by atoms with Crippen LogP contribution >= 0.6 is 22.9 Å². The Kier molecular flexibility index (Phi) is 2.40. The highest BCUT2D eigenvalue weighted by Crippen LogP contribution is 2.38. The first-order valence-corrected chi connectivity index (χ1v) is 5.40. The Morgan fingerprint density at radius 3 is 2.75 bits per heavy atom. The second-order valence-corrected chi connectivity index (χ2v) is 4.99. The van der Waals surface area contributed by atoms with Crippen molar-refractivity contribution in [2.45, 2.75) is 31.3 Å². The van der Waals surface area contributed by atoms with Crippen molar-refractivity contribution in [2.75, 3.05) is 0 Å². The molecule has 66 valence electrons. The lowest BCUT2D eigenvalue weighted by atomic mass is 10.0. The molecule has 0 spiro atoms. The van der Waals surface area contributed by atoms with E-state index in [0.717, 1.165) is 23.6 Å². The van der Waals surface area contributed by atoms with Crippen molar-refractivity contribution in [3.8, 4) is 0 Å². The Bertz CT molecular complexity index is 271. The summed E-state index contributed by atoms with van der Waals surface area (Å²) in [5.74, 6) is 0.350. The van der Waals surface area contributed by atoms with E-state index < -0.39 is 0 Å². The third-order valence-corrected chi connectivity index (χ3v) is 3.80. The first-order chi connectivity index (χ1) is 5.77. The van der Waals surface area contributed by atoms with Crippen LogP contribution in [-0.4, -0.2) is 11.2 Å². The van der Waals surface area contributed by atoms with Gasteiger partial charge in [-0.3, -0.25) is 0 Å². The van der Waals surface area contributed by atoms with Crippen LogP contribution in [0.25, 0.3) is 0 Å². The molecule has 2 atom stereocenters. The summed E-state index contributed by atoms with van der Waals surface area (Å²) in [5.41, 5.74) is 0. The van der Waals surface area contributed by atoms with Gasteiger partial charge in [-0.2, -0.15) is 0 Å². The molecule has 0 bridgehead atoms. The minimum Gasteiger partial charge on any atom is -0.392 e. The lowest BCUT2D eigenvalue weighted by Crippen LogP contribution is -2.09. The van der Waals surface area contributed by atoms with Gasteiger partial charge < -0.3 is 5.11 Å². The van der Waals surface area contributed by atoms with E-state index in [1.54, 1.807) is 11.3 Å². The van der Waals surface area contributed by atoms with Gasteiger partial charge in [0.1, 0.15) is 0 Å². The van der Waals surface area contributed by atoms with E-state index in [1.807, 2.05) is 12.1 Å². The highest BCUT2D eigenvalue weighted by Gasteiger charge is 2.27. The third kappa shape index (κ3) is 1.51. The molecule has 0 aromatic carbocycles. The lowest BCUT2D eigenvalue weighted by Gasteiger charge is -2.11. The Morgan fingerprint density at radius 2 is 2.25 bits per heavy atom. The van der Waals surface area contributed by atoms with E-state index in [0.29, 0.717) is 5.92 Å². The molecule has 1 saturated carbocycles. The summed E-state index contributed by atoms with van der Waals surface area (Å²) in [6, 6.07) is 3.94. The van der Waals surface area contributed by atoms with Crippen molar-refractivity contribution < 1.29 is 5.11 Å². The van der Waals surface area contributed by atoms with Gasteiger partial charge in [-0.1, -0.05) is 18.0 Å². The molecule has 1 fully saturated rings. The summed E-state index contributed by atoms with van der Waals surface area (Å²) in [6.45, 7) is 0. The van der Waals surface area contributed by atoms with E-state index in [9.17, 15) is 5.11 Å². The van der Waals surface area contributed by atoms with Gasteiger partial charge in [0.15, 0.2) is 0 Å². The normalized spacial score (nSPS) is 29.5. The van der Waals surface area contributed by atoms with Gasteiger partial charge in [-0.05, 0) is 25.0 Å². The number of aliphatic hydroxyl groups is 1. The molecular weight excluding hydrogens is 192 g/mol. The molecule has 1 aliphatic rings. The van der Waals surface area contributed by atoms with Crippen LogP contribution in [0.4, 0.5) is 0 Å². The molecule has 12 heavy (non-hydrogen) atoms. The predicted molar refractivity (Wildman–Crippen MR) is 51.9 cm³/mol. The van der Waals surface area contributed by atoms with Crippen LogP contribution in [0.15, 0.2) is 12.1 Å². The van der Waals surface area contributed by atoms with E-state index in [4.69, 9.17) is 11.6 Å². The molecule has 3 heteroatoms. The molecule has 1 aromatic rings. The Morgan fingerprint density at radius 1 is 1.42 bits per heavy atom. The number of rotatable bonds is 1. The van der Waals surface area contributed by atoms with Crippen molar-refractivity contribution >= 4 is 22.9 Å². The molecular formula is C9H11ClOS. The molecule has 0 radical (unpaired) electrons. The summed E-state index contributed by atoms with van der Waals surface area (Å²) in [4.78, 5) is 1.24. The van der Waals surface area contributed by atoms with Crippen LogP contribution in [0.3, 0.4) is 0 Å². The second-order valence-electron chi connectivity index (χ2n) is 3.25. The minimum atomic E-state index is -0.139. The van der Waals surface area contributed by atoms with Crippen LogP contribution in [0, 0.1) is 0 Å². The number of hydrogen-bond acceptors (Lipinski definition) is 2. The fourth-order valence-electron chi connectivity index (χ4n) is 1.80. The zero-order valence-electron chi connectivity index (χ0n) is 6.66. The zero-order chi connectivity index (χ0) is 8.55. The van der Waals surface area contributed by atoms with E-state index >= 15 is 0 Å². The number of aliphatic hydroxyl groups excluding tert-OH is 1. The molecule has 1 aromatic heterocycles. The Balaban J connectivity index is 2.19. The first kappa shape index (κ1) is 8.54. The van der Waals surface area contributed by atoms with Crippen LogP contribution in [0.1, 0.15) is 30.1 Å². The summed E-state index contributed by atoms with van der Waals surface area (Å²) in [6.07, 6.45) is 3.05. The smallest absolute Gasteiger partial charge is 0.0931 e. The largest absolute Gasteiger partial charge is 0.392 e. The predicted octanol–water partition coefficient (Wildman–Crippen LogP) is 3.03. The maximum atomic E-state index is 9.62. The molecule has 0 saturated heterocycles. The van der Waals surface area contributed by atoms with E-state index in [1.165, 1.54) is 4.88 Å². The molecule has 2 rings (SSSR count). The lowest BCUT2D eigenvalue weighted by molar-refractivity contribution is 0.165. The van der Waals surface area contributed by atoms with Crippen molar-refractivity contribution in [3.05, 3.63) is 21.3 Å². The van der Waals surface area contributed by atoms with Crippen molar-refractivity contribution in [1.82, 2.24) is 0 Å². The van der Waals surface area contributed by atoms with Crippen LogP contribution in [-0.2, 0) is 0 Å². The van der Waals surface area contributed by atoms with Crippen molar-refractivity contribution in [1.29, 1.82) is 0 Å². The van der Waals surface area contributed by atoms with Gasteiger partial charge in [0.2, 0.25) is 0 Å². The van der Waals surface area contributed by atoms with Gasteiger partial charge in [0.05, 0.1) is 10.4 Å². The quantitative estimate of drug-likeness (QED) is 0.743. The van der Waals surface area contributed by atoms with Gasteiger partial charge in [-0.15, -0.1) is 11.3 Å². The molecule has 1 heterocycles. The summed E-state index contributed by atoms with van der Waals surface area (Å²) < 4.78 is 0.823. The molecule has 1 N–H and O–H groups in total. The topological polar surface area (TPSA) is 20.2 Å². The standard InChI is InChI=1S/C9H11ClOS/c10-9-5-4-8(12-9)6-2-1-3-7(6)11/h4-7,11H,1-3H2/t6-,7-/m1/s1. The maximum absolute atomic E-state index is 9.62. The molecule has 0 aliphatic heterocycles. The van der Waals surface area contributed by atoms with Gasteiger partial charge in [0, 0.05) is 10.8 Å². The number of hydrogen-bond donors (Lipinski definition) is 1. The van der Waals surface area contributed by atoms with Crippen molar-refractivity contribution in [3.63, 3.8) is 0 Å². The molecule has 0 amide bonds. The van der Waals surface area contributed by atoms with E-state index in [2.05, 4.69) is 0 Å². The first-order valence-electron chi connectivity index (χ1n) is 4.20. The summed E-state index contributed by atoms with van der Waals surface area (Å²) in [5, 5.41) is 9.62. The fraction of sp³-hybridized carbons (Fsp3) is 0.556. The number of thiophene rings is 1. The Labute approximate surface area is 81.0 Å². The molecule has 1 aliphatic carbocycles. The van der Waals surface area contributed by atoms with Crippen molar-refractivity contribution in [2.24, 2.45) is 0 Å². The zero-order valence-corrected chi connectivity index (χ0v) is 8.24. The third-order valence-electron chi connectivity index (χ3n) is 2.44. The Hall–Kier alpha value is -0.0500. The minimum absolute atomic E-state index is 0.139. The number of halogens is 1. The fourth-order valence-corrected chi connectivity index (χ4v) is 3.05. The van der Waals surface area contributed by atoms with Gasteiger partial charge in [0.25, 0.3) is 0 Å². The van der Waals surface area contributed by atoms with Crippen LogP contribution in [0.2, 0.25) is 4.34 Å². The highest BCUT2D eigenvalue weighted by atomic mass is 35.5. The SMILES string of the molecule is O[C@@H]1CCC[C@H]1c1ccc(Cl)s1. The highest BCUT2D eigenvalue weighted by molar-refractivity contribution is 7.16. The van der Waals surface area contributed by atoms with Gasteiger partial charge in [-0.25, -0.2) is 0 Å². The average molecular weight is 203 g/mol. The second kappa shape index (κ2) is 3.36. The molecule has 1 nitrogen and oxygen atoms in total. The maximum Gasteiger partial charge on any atom is 0.0931 e. The van der Waals surface area contributed by atoms with Crippen LogP contribution in [0.5, 0.6) is 0 Å². The summed E-state index contributed by atoms with van der Waals surface area (Å²) >= 11 is 7.42. The summed E-state index contributed by atoms with van der Waals surface area (Å²) in [7, 11) is 0. The average Bonchev–Trinajstić information content (AvgIpc) is 2.58. The van der Waals surface area contributed by atoms with Gasteiger partial charge >= 0.3 is 0 Å². The van der Waals surface area contributed by atoms with Crippen LogP contribution < -0.4 is 0 Å². The molecule has 0 unspecified atom stereocenters.